The summed E-state index contributed by atoms with van der Waals surface area (Å²) >= 11 is 1.74. The molecular weight excluding hydrogens is 352 g/mol. The molecule has 1 aromatic carbocycles. The molecule has 0 saturated heterocycles. The zero-order valence-electron chi connectivity index (χ0n) is 15.0. The van der Waals surface area contributed by atoms with Gasteiger partial charge in [-0.15, -0.1) is 0 Å². The summed E-state index contributed by atoms with van der Waals surface area (Å²) in [6.45, 7) is 4.13. The smallest absolute Gasteiger partial charge is 0.314 e. The highest BCUT2D eigenvalue weighted by atomic mass is 32.2. The molecule has 0 saturated carbocycles. The van der Waals surface area contributed by atoms with Gasteiger partial charge in [0.2, 0.25) is 0 Å². The topological polar surface area (TPSA) is 85.2 Å². The Morgan fingerprint density at radius 2 is 2.00 bits per heavy atom. The normalized spacial score (nSPS) is 14.0. The lowest BCUT2D eigenvalue weighted by Crippen LogP contribution is -2.42. The number of hydrogen-bond acceptors (Lipinski definition) is 5. The van der Waals surface area contributed by atoms with Gasteiger partial charge in [-0.05, 0) is 26.0 Å². The van der Waals surface area contributed by atoms with Crippen LogP contribution in [0, 0.1) is 6.92 Å². The van der Waals surface area contributed by atoms with Crippen molar-refractivity contribution in [1.29, 1.82) is 0 Å². The number of aryl methyl sites for hydroxylation is 1. The van der Waals surface area contributed by atoms with E-state index in [2.05, 4.69) is 15.7 Å². The van der Waals surface area contributed by atoms with Crippen molar-refractivity contribution in [3.63, 3.8) is 0 Å². The standard InChI is InChI=1S/C18H22N4O3S/c1-11-4-6-13(7-5-11)22-16(14-9-26-10-15(14)21-22)20-18(24)17(23)19-12(2)8-25-3/h4-7,12H,8-10H2,1-3H3,(H,19,23)(H,20,24)/t12-/m0/s1. The summed E-state index contributed by atoms with van der Waals surface area (Å²) in [5.41, 5.74) is 3.90. The van der Waals surface area contributed by atoms with Crippen LogP contribution < -0.4 is 10.6 Å². The van der Waals surface area contributed by atoms with Gasteiger partial charge in [0.15, 0.2) is 0 Å². The number of carbonyl (C=O) groups is 2. The van der Waals surface area contributed by atoms with Crippen molar-refractivity contribution >= 4 is 29.4 Å². The van der Waals surface area contributed by atoms with Crippen LogP contribution in [0.5, 0.6) is 0 Å². The van der Waals surface area contributed by atoms with E-state index in [1.807, 2.05) is 31.2 Å². The summed E-state index contributed by atoms with van der Waals surface area (Å²) < 4.78 is 6.68. The van der Waals surface area contributed by atoms with Gasteiger partial charge in [0.05, 0.1) is 18.0 Å². The third-order valence-corrected chi connectivity index (χ3v) is 5.03. The van der Waals surface area contributed by atoms with E-state index in [9.17, 15) is 9.59 Å². The van der Waals surface area contributed by atoms with E-state index in [1.165, 1.54) is 0 Å². The van der Waals surface area contributed by atoms with E-state index in [0.717, 1.165) is 34.0 Å². The second kappa shape index (κ2) is 7.92. The molecule has 26 heavy (non-hydrogen) atoms. The number of thioether (sulfide) groups is 1. The Morgan fingerprint density at radius 3 is 2.69 bits per heavy atom. The van der Waals surface area contributed by atoms with Crippen molar-refractivity contribution in [2.45, 2.75) is 31.4 Å². The number of aromatic nitrogens is 2. The van der Waals surface area contributed by atoms with Crippen LogP contribution in [0.15, 0.2) is 24.3 Å². The minimum Gasteiger partial charge on any atom is -0.383 e. The molecule has 0 bridgehead atoms. The van der Waals surface area contributed by atoms with Gasteiger partial charge < -0.3 is 15.4 Å². The fourth-order valence-corrected chi connectivity index (χ4v) is 3.79. The highest BCUT2D eigenvalue weighted by molar-refractivity contribution is 7.98. The maximum absolute atomic E-state index is 12.4. The van der Waals surface area contributed by atoms with Crippen molar-refractivity contribution in [2.75, 3.05) is 19.0 Å². The predicted molar refractivity (Wildman–Crippen MR) is 101 cm³/mol. The van der Waals surface area contributed by atoms with Crippen molar-refractivity contribution in [2.24, 2.45) is 0 Å². The number of anilines is 1. The van der Waals surface area contributed by atoms with Crippen molar-refractivity contribution in [3.05, 3.63) is 41.1 Å². The number of amides is 2. The van der Waals surface area contributed by atoms with Crippen LogP contribution in [-0.4, -0.2) is 41.4 Å². The number of methoxy groups -OCH3 is 1. The number of nitrogens with zero attached hydrogens (tertiary/aromatic N) is 2. The first-order chi connectivity index (χ1) is 12.5. The number of hydrogen-bond donors (Lipinski definition) is 2. The van der Waals surface area contributed by atoms with Crippen molar-refractivity contribution in [3.8, 4) is 5.69 Å². The molecule has 0 unspecified atom stereocenters. The van der Waals surface area contributed by atoms with Crippen LogP contribution in [-0.2, 0) is 25.8 Å². The Labute approximate surface area is 156 Å². The van der Waals surface area contributed by atoms with E-state index >= 15 is 0 Å². The third kappa shape index (κ3) is 3.91. The summed E-state index contributed by atoms with van der Waals surface area (Å²) in [4.78, 5) is 24.5. The molecule has 7 nitrogen and oxygen atoms in total. The van der Waals surface area contributed by atoms with Gasteiger partial charge in [-0.1, -0.05) is 17.7 Å². The van der Waals surface area contributed by atoms with Gasteiger partial charge in [0.1, 0.15) is 5.82 Å². The van der Waals surface area contributed by atoms with Crippen LogP contribution in [0.1, 0.15) is 23.7 Å². The molecule has 1 atom stereocenters. The van der Waals surface area contributed by atoms with Crippen molar-refractivity contribution < 1.29 is 14.3 Å². The van der Waals surface area contributed by atoms with E-state index in [0.29, 0.717) is 12.4 Å². The summed E-state index contributed by atoms with van der Waals surface area (Å²) in [6, 6.07) is 7.62. The summed E-state index contributed by atoms with van der Waals surface area (Å²) in [6.07, 6.45) is 0. The Balaban J connectivity index is 1.84. The first-order valence-electron chi connectivity index (χ1n) is 8.36. The van der Waals surface area contributed by atoms with Crippen LogP contribution in [0.2, 0.25) is 0 Å². The van der Waals surface area contributed by atoms with Crippen LogP contribution in [0.4, 0.5) is 5.82 Å². The largest absolute Gasteiger partial charge is 0.383 e. The molecule has 1 aliphatic heterocycles. The first-order valence-corrected chi connectivity index (χ1v) is 9.51. The highest BCUT2D eigenvalue weighted by Crippen LogP contribution is 2.36. The van der Waals surface area contributed by atoms with Gasteiger partial charge in [-0.25, -0.2) is 4.68 Å². The van der Waals surface area contributed by atoms with E-state index in [1.54, 1.807) is 30.5 Å². The van der Waals surface area contributed by atoms with Gasteiger partial charge >= 0.3 is 11.8 Å². The SMILES string of the molecule is COC[C@H](C)NC(=O)C(=O)Nc1c2c(nn1-c1ccc(C)cc1)CSC2. The van der Waals surface area contributed by atoms with Crippen LogP contribution in [0.3, 0.4) is 0 Å². The molecule has 3 rings (SSSR count). The second-order valence-electron chi connectivity index (χ2n) is 6.30. The van der Waals surface area contributed by atoms with Gasteiger partial charge in [-0.2, -0.15) is 16.9 Å². The molecule has 2 N–H and O–H groups in total. The molecule has 0 fully saturated rings. The lowest BCUT2D eigenvalue weighted by atomic mass is 10.2. The van der Waals surface area contributed by atoms with Crippen LogP contribution >= 0.6 is 11.8 Å². The van der Waals surface area contributed by atoms with E-state index in [-0.39, 0.29) is 6.04 Å². The van der Waals surface area contributed by atoms with E-state index < -0.39 is 11.8 Å². The number of nitrogens with one attached hydrogen (secondary N) is 2. The van der Waals surface area contributed by atoms with Gasteiger partial charge in [0.25, 0.3) is 0 Å². The lowest BCUT2D eigenvalue weighted by Gasteiger charge is -2.14. The Morgan fingerprint density at radius 1 is 1.27 bits per heavy atom. The lowest BCUT2D eigenvalue weighted by molar-refractivity contribution is -0.136. The zero-order chi connectivity index (χ0) is 18.7. The molecule has 2 heterocycles. The average molecular weight is 374 g/mol. The molecular formula is C18H22N4O3S. The number of carbonyl (C=O) groups excluding carboxylic acids is 2. The maximum Gasteiger partial charge on any atom is 0.314 e. The first kappa shape index (κ1) is 18.5. The molecule has 0 aliphatic carbocycles. The number of ether oxygens (including phenoxy) is 1. The Hall–Kier alpha value is -2.32. The number of benzene rings is 1. The van der Waals surface area contributed by atoms with E-state index in [4.69, 9.17) is 4.74 Å². The molecule has 1 aromatic heterocycles. The third-order valence-electron chi connectivity index (χ3n) is 4.06. The maximum atomic E-state index is 12.4. The Bertz CT molecular complexity index is 817. The fourth-order valence-electron chi connectivity index (χ4n) is 2.76. The van der Waals surface area contributed by atoms with Gasteiger partial charge in [-0.3, -0.25) is 9.59 Å². The second-order valence-corrected chi connectivity index (χ2v) is 7.28. The zero-order valence-corrected chi connectivity index (χ0v) is 15.9. The average Bonchev–Trinajstić information content (AvgIpc) is 3.18. The summed E-state index contributed by atoms with van der Waals surface area (Å²) in [7, 11) is 1.55. The molecule has 8 heteroatoms. The number of rotatable bonds is 5. The Kier molecular flexibility index (Phi) is 5.63. The monoisotopic (exact) mass is 374 g/mol. The highest BCUT2D eigenvalue weighted by Gasteiger charge is 2.26. The van der Waals surface area contributed by atoms with Gasteiger partial charge in [0, 0.05) is 30.2 Å². The molecule has 2 amide bonds. The molecule has 0 radical (unpaired) electrons. The molecule has 1 aliphatic rings. The number of fused-ring (bicyclic) bond motifs is 1. The molecule has 138 valence electrons. The predicted octanol–water partition coefficient (Wildman–Crippen LogP) is 2.02. The molecule has 0 spiro atoms. The fraction of sp³-hybridized carbons (Fsp3) is 0.389. The molecule has 2 aromatic rings. The summed E-state index contributed by atoms with van der Waals surface area (Å²) in [5.74, 6) is 0.729. The summed E-state index contributed by atoms with van der Waals surface area (Å²) in [5, 5.41) is 9.99. The quantitative estimate of drug-likeness (QED) is 0.782. The minimum atomic E-state index is -0.707. The minimum absolute atomic E-state index is 0.249. The van der Waals surface area contributed by atoms with Crippen LogP contribution in [0.25, 0.3) is 5.69 Å². The van der Waals surface area contributed by atoms with Crippen molar-refractivity contribution in [1.82, 2.24) is 15.1 Å².